The van der Waals surface area contributed by atoms with Gasteiger partial charge in [0.1, 0.15) is 5.54 Å². The van der Waals surface area contributed by atoms with Crippen LogP contribution in [0.3, 0.4) is 0 Å². The second-order valence-electron chi connectivity index (χ2n) is 5.88. The summed E-state index contributed by atoms with van der Waals surface area (Å²) < 4.78 is 5.15. The van der Waals surface area contributed by atoms with Crippen LogP contribution in [0.2, 0.25) is 0 Å². The molecule has 1 aliphatic rings. The number of hydrogen-bond acceptors (Lipinski definition) is 4. The first-order valence-electron chi connectivity index (χ1n) is 7.87. The van der Waals surface area contributed by atoms with Crippen molar-refractivity contribution in [1.29, 1.82) is 0 Å². The SMILES string of the molecule is CC/C=C(/C)C(=O)NC1(c2noc(C)n2)CCCCCC1. The minimum Gasteiger partial charge on any atom is -0.340 e. The van der Waals surface area contributed by atoms with Crippen molar-refractivity contribution in [2.75, 3.05) is 0 Å². The summed E-state index contributed by atoms with van der Waals surface area (Å²) in [5, 5.41) is 7.29. The molecule has 0 unspecified atom stereocenters. The van der Waals surface area contributed by atoms with Gasteiger partial charge in [-0.15, -0.1) is 0 Å². The van der Waals surface area contributed by atoms with Gasteiger partial charge in [0.2, 0.25) is 11.8 Å². The Morgan fingerprint density at radius 2 is 2.00 bits per heavy atom. The quantitative estimate of drug-likeness (QED) is 0.682. The maximum Gasteiger partial charge on any atom is 0.247 e. The summed E-state index contributed by atoms with van der Waals surface area (Å²) in [6, 6.07) is 0. The van der Waals surface area contributed by atoms with Crippen molar-refractivity contribution in [2.24, 2.45) is 0 Å². The summed E-state index contributed by atoms with van der Waals surface area (Å²) in [7, 11) is 0. The van der Waals surface area contributed by atoms with Gasteiger partial charge in [-0.05, 0) is 26.2 Å². The molecule has 1 aromatic heterocycles. The molecule has 0 aliphatic heterocycles. The Kier molecular flexibility index (Phi) is 5.15. The van der Waals surface area contributed by atoms with Crippen LogP contribution in [0, 0.1) is 6.92 Å². The van der Waals surface area contributed by atoms with Crippen molar-refractivity contribution in [3.05, 3.63) is 23.4 Å². The van der Waals surface area contributed by atoms with E-state index in [2.05, 4.69) is 15.5 Å². The van der Waals surface area contributed by atoms with E-state index < -0.39 is 5.54 Å². The van der Waals surface area contributed by atoms with Crippen LogP contribution >= 0.6 is 0 Å². The number of hydrogen-bond donors (Lipinski definition) is 1. The summed E-state index contributed by atoms with van der Waals surface area (Å²) >= 11 is 0. The number of carbonyl (C=O) groups is 1. The first kappa shape index (κ1) is 15.7. The smallest absolute Gasteiger partial charge is 0.247 e. The van der Waals surface area contributed by atoms with Crippen LogP contribution in [-0.4, -0.2) is 16.0 Å². The molecule has 1 saturated carbocycles. The first-order chi connectivity index (χ1) is 10.1. The monoisotopic (exact) mass is 291 g/mol. The molecule has 1 heterocycles. The van der Waals surface area contributed by atoms with Gasteiger partial charge in [0, 0.05) is 12.5 Å². The van der Waals surface area contributed by atoms with E-state index in [-0.39, 0.29) is 5.91 Å². The summed E-state index contributed by atoms with van der Waals surface area (Å²) in [6.07, 6.45) is 9.08. The molecule has 0 aromatic carbocycles. The Bertz CT molecular complexity index is 511. The van der Waals surface area contributed by atoms with E-state index in [1.54, 1.807) is 6.92 Å². The van der Waals surface area contributed by atoms with Crippen LogP contribution in [-0.2, 0) is 10.3 Å². The van der Waals surface area contributed by atoms with Crippen LogP contribution < -0.4 is 5.32 Å². The van der Waals surface area contributed by atoms with Gasteiger partial charge in [-0.25, -0.2) is 0 Å². The van der Waals surface area contributed by atoms with Crippen LogP contribution in [0.5, 0.6) is 0 Å². The van der Waals surface area contributed by atoms with E-state index in [1.165, 1.54) is 12.8 Å². The summed E-state index contributed by atoms with van der Waals surface area (Å²) in [5.41, 5.74) is 0.273. The molecule has 0 radical (unpaired) electrons. The zero-order valence-electron chi connectivity index (χ0n) is 13.2. The van der Waals surface area contributed by atoms with Gasteiger partial charge >= 0.3 is 0 Å². The number of aromatic nitrogens is 2. The number of nitrogens with one attached hydrogen (secondary N) is 1. The molecule has 21 heavy (non-hydrogen) atoms. The third-order valence-corrected chi connectivity index (χ3v) is 4.13. The normalized spacial score (nSPS) is 19.1. The molecule has 1 aliphatic carbocycles. The maximum atomic E-state index is 12.4. The zero-order valence-corrected chi connectivity index (χ0v) is 13.2. The van der Waals surface area contributed by atoms with Gasteiger partial charge < -0.3 is 9.84 Å². The highest BCUT2D eigenvalue weighted by Gasteiger charge is 2.38. The Morgan fingerprint density at radius 3 is 2.52 bits per heavy atom. The Balaban J connectivity index is 2.27. The number of amides is 1. The lowest BCUT2D eigenvalue weighted by Gasteiger charge is -2.30. The van der Waals surface area contributed by atoms with Gasteiger partial charge in [-0.3, -0.25) is 4.79 Å². The highest BCUT2D eigenvalue weighted by Crippen LogP contribution is 2.34. The number of carbonyl (C=O) groups excluding carboxylic acids is 1. The van der Waals surface area contributed by atoms with E-state index in [0.717, 1.165) is 37.7 Å². The lowest BCUT2D eigenvalue weighted by molar-refractivity contribution is -0.119. The fraction of sp³-hybridized carbons (Fsp3) is 0.688. The molecule has 0 atom stereocenters. The molecule has 1 fully saturated rings. The van der Waals surface area contributed by atoms with E-state index in [4.69, 9.17) is 4.52 Å². The van der Waals surface area contributed by atoms with E-state index in [0.29, 0.717) is 11.7 Å². The molecule has 0 bridgehead atoms. The largest absolute Gasteiger partial charge is 0.340 e. The number of allylic oxidation sites excluding steroid dienone is 1. The fourth-order valence-corrected chi connectivity index (χ4v) is 2.95. The van der Waals surface area contributed by atoms with Crippen LogP contribution in [0.25, 0.3) is 0 Å². The Hall–Kier alpha value is -1.65. The average molecular weight is 291 g/mol. The second-order valence-corrected chi connectivity index (χ2v) is 5.88. The summed E-state index contributed by atoms with van der Waals surface area (Å²) in [5.74, 6) is 1.14. The standard InChI is InChI=1S/C16H25N3O2/c1-4-9-12(2)14(20)18-16(10-7-5-6-8-11-16)15-17-13(3)21-19-15/h9H,4-8,10-11H2,1-3H3,(H,18,20)/b12-9-. The van der Waals surface area contributed by atoms with Crippen molar-refractivity contribution in [2.45, 2.75) is 71.3 Å². The number of nitrogens with zero attached hydrogens (tertiary/aromatic N) is 2. The van der Waals surface area contributed by atoms with Crippen molar-refractivity contribution in [3.8, 4) is 0 Å². The molecule has 116 valence electrons. The van der Waals surface area contributed by atoms with E-state index >= 15 is 0 Å². The van der Waals surface area contributed by atoms with E-state index in [9.17, 15) is 4.79 Å². The van der Waals surface area contributed by atoms with Crippen LogP contribution in [0.1, 0.15) is 70.5 Å². The molecular weight excluding hydrogens is 266 g/mol. The zero-order chi connectivity index (χ0) is 15.3. The number of aryl methyl sites for hydroxylation is 1. The van der Waals surface area contributed by atoms with Gasteiger partial charge in [0.05, 0.1) is 0 Å². The fourth-order valence-electron chi connectivity index (χ4n) is 2.95. The molecule has 0 saturated heterocycles. The molecule has 1 aromatic rings. The molecule has 5 heteroatoms. The van der Waals surface area contributed by atoms with Gasteiger partial charge in [-0.1, -0.05) is 43.8 Å². The second kappa shape index (κ2) is 6.87. The Morgan fingerprint density at radius 1 is 1.33 bits per heavy atom. The molecule has 2 rings (SSSR count). The van der Waals surface area contributed by atoms with Gasteiger partial charge in [0.25, 0.3) is 0 Å². The van der Waals surface area contributed by atoms with Crippen molar-refractivity contribution < 1.29 is 9.32 Å². The minimum absolute atomic E-state index is 0.0267. The van der Waals surface area contributed by atoms with Crippen molar-refractivity contribution >= 4 is 5.91 Å². The predicted molar refractivity (Wildman–Crippen MR) is 80.6 cm³/mol. The van der Waals surface area contributed by atoms with Gasteiger partial charge in [0.15, 0.2) is 5.82 Å². The highest BCUT2D eigenvalue weighted by molar-refractivity contribution is 5.93. The molecule has 1 N–H and O–H groups in total. The maximum absolute atomic E-state index is 12.4. The number of rotatable bonds is 4. The minimum atomic E-state index is -0.478. The third-order valence-electron chi connectivity index (χ3n) is 4.13. The Labute approximate surface area is 126 Å². The van der Waals surface area contributed by atoms with Gasteiger partial charge in [-0.2, -0.15) is 4.98 Å². The highest BCUT2D eigenvalue weighted by atomic mass is 16.5. The average Bonchev–Trinajstić information content (AvgIpc) is 2.76. The topological polar surface area (TPSA) is 68.0 Å². The molecule has 1 amide bonds. The molecule has 0 spiro atoms. The van der Waals surface area contributed by atoms with Crippen LogP contribution in [0.15, 0.2) is 16.2 Å². The van der Waals surface area contributed by atoms with Crippen molar-refractivity contribution in [1.82, 2.24) is 15.5 Å². The third kappa shape index (κ3) is 3.71. The lowest BCUT2D eigenvalue weighted by atomic mass is 9.88. The molecular formula is C16H25N3O2. The first-order valence-corrected chi connectivity index (χ1v) is 7.87. The molecule has 5 nitrogen and oxygen atoms in total. The predicted octanol–water partition coefficient (Wildman–Crippen LogP) is 3.40. The van der Waals surface area contributed by atoms with Crippen molar-refractivity contribution in [3.63, 3.8) is 0 Å². The summed E-state index contributed by atoms with van der Waals surface area (Å²) in [6.45, 7) is 5.66. The lowest BCUT2D eigenvalue weighted by Crippen LogP contribution is -2.46. The van der Waals surface area contributed by atoms with E-state index in [1.807, 2.05) is 19.9 Å². The summed E-state index contributed by atoms with van der Waals surface area (Å²) in [4.78, 5) is 16.8. The van der Waals surface area contributed by atoms with Crippen LogP contribution in [0.4, 0.5) is 0 Å².